The first-order chi connectivity index (χ1) is 22.0. The summed E-state index contributed by atoms with van der Waals surface area (Å²) < 4.78 is 0. The van der Waals surface area contributed by atoms with Gasteiger partial charge in [0.15, 0.2) is 0 Å². The summed E-state index contributed by atoms with van der Waals surface area (Å²) in [6, 6.07) is 13.2. The van der Waals surface area contributed by atoms with Gasteiger partial charge in [-0.3, -0.25) is 15.0 Å². The van der Waals surface area contributed by atoms with Crippen molar-refractivity contribution in [2.24, 2.45) is 26.3 Å². The van der Waals surface area contributed by atoms with Crippen LogP contribution in [0.3, 0.4) is 0 Å². The van der Waals surface area contributed by atoms with Gasteiger partial charge in [-0.05, 0) is 125 Å². The third-order valence-corrected chi connectivity index (χ3v) is 7.39. The zero-order chi connectivity index (χ0) is 36.3. The minimum Gasteiger partial charge on any atom is -0.360 e. The van der Waals surface area contributed by atoms with Gasteiger partial charge in [-0.15, -0.1) is 0 Å². The van der Waals surface area contributed by atoms with Gasteiger partial charge in [0.05, 0.1) is 11.7 Å². The van der Waals surface area contributed by atoms with Crippen molar-refractivity contribution in [3.05, 3.63) is 101 Å². The fourth-order valence-corrected chi connectivity index (χ4v) is 4.50. The molecule has 0 fully saturated rings. The van der Waals surface area contributed by atoms with Gasteiger partial charge in [-0.1, -0.05) is 86.8 Å². The van der Waals surface area contributed by atoms with Crippen LogP contribution >= 0.6 is 0 Å². The molecular formula is C43H66N4. The second kappa shape index (κ2) is 21.9. The first-order valence-corrected chi connectivity index (χ1v) is 17.2. The number of rotatable bonds is 9. The summed E-state index contributed by atoms with van der Waals surface area (Å²) in [4.78, 5) is 13.1. The Labute approximate surface area is 289 Å². The van der Waals surface area contributed by atoms with E-state index in [9.17, 15) is 0 Å². The molecule has 0 bridgehead atoms. The van der Waals surface area contributed by atoms with Crippen LogP contribution in [0.15, 0.2) is 94.0 Å². The number of anilines is 1. The van der Waals surface area contributed by atoms with E-state index in [-0.39, 0.29) is 5.41 Å². The number of benzene rings is 2. The SMILES string of the molecule is C=C(C)Nc1cccc(CC(=C)c2cc(C)c(CC)cc2N=CC)c1.CC.CC1=CC(C(C)(C)C)=NC1C.CN=C(C)/C=C\C(C)C. The Morgan fingerprint density at radius 2 is 1.70 bits per heavy atom. The summed E-state index contributed by atoms with van der Waals surface area (Å²) in [6.07, 6.45) is 10.1. The summed E-state index contributed by atoms with van der Waals surface area (Å²) in [7, 11) is 1.81. The lowest BCUT2D eigenvalue weighted by Gasteiger charge is -2.16. The summed E-state index contributed by atoms with van der Waals surface area (Å²) in [5.74, 6) is 0.627. The zero-order valence-corrected chi connectivity index (χ0v) is 32.6. The number of nitrogens with one attached hydrogen (secondary N) is 1. The molecule has 0 saturated heterocycles. The van der Waals surface area contributed by atoms with E-state index in [4.69, 9.17) is 0 Å². The molecule has 1 heterocycles. The Bertz CT molecular complexity index is 1440. The average molecular weight is 639 g/mol. The van der Waals surface area contributed by atoms with E-state index >= 15 is 0 Å². The van der Waals surface area contributed by atoms with E-state index in [1.54, 1.807) is 7.05 Å². The van der Waals surface area contributed by atoms with Gasteiger partial charge in [-0.2, -0.15) is 0 Å². The van der Waals surface area contributed by atoms with Crippen molar-refractivity contribution in [1.82, 2.24) is 0 Å². The molecule has 3 rings (SSSR count). The normalized spacial score (nSPS) is 14.4. The Balaban J connectivity index is 0.000000791. The molecule has 2 aromatic carbocycles. The predicted octanol–water partition coefficient (Wildman–Crippen LogP) is 12.6. The molecule has 0 saturated carbocycles. The maximum atomic E-state index is 4.57. The van der Waals surface area contributed by atoms with E-state index in [2.05, 4.69) is 138 Å². The summed E-state index contributed by atoms with van der Waals surface area (Å²) in [5, 5.41) is 3.27. The van der Waals surface area contributed by atoms with Crippen molar-refractivity contribution < 1.29 is 0 Å². The molecule has 0 aromatic heterocycles. The molecule has 1 N–H and O–H groups in total. The van der Waals surface area contributed by atoms with Crippen LogP contribution in [0.4, 0.5) is 11.4 Å². The van der Waals surface area contributed by atoms with Crippen LogP contribution in [0.25, 0.3) is 5.57 Å². The molecule has 1 aliphatic heterocycles. The monoisotopic (exact) mass is 639 g/mol. The molecule has 0 aliphatic carbocycles. The molecule has 258 valence electrons. The minimum absolute atomic E-state index is 0.214. The number of allylic oxidation sites excluding steroid dienone is 5. The number of aryl methyl sites for hydroxylation is 2. The van der Waals surface area contributed by atoms with Crippen LogP contribution in [0, 0.1) is 18.3 Å². The maximum absolute atomic E-state index is 4.57. The van der Waals surface area contributed by atoms with Gasteiger partial charge < -0.3 is 5.32 Å². The first kappa shape index (κ1) is 43.2. The fourth-order valence-electron chi connectivity index (χ4n) is 4.50. The van der Waals surface area contributed by atoms with Gasteiger partial charge in [0.25, 0.3) is 0 Å². The average Bonchev–Trinajstić information content (AvgIpc) is 3.36. The lowest BCUT2D eigenvalue weighted by molar-refractivity contribution is 0.592. The van der Waals surface area contributed by atoms with Gasteiger partial charge in [0.1, 0.15) is 0 Å². The number of hydrogen-bond acceptors (Lipinski definition) is 4. The Kier molecular flexibility index (Phi) is 20.1. The quantitative estimate of drug-likeness (QED) is 0.273. The number of nitrogens with zero attached hydrogens (tertiary/aromatic N) is 3. The fraction of sp³-hybridized carbons (Fsp3) is 0.465. The van der Waals surface area contributed by atoms with Gasteiger partial charge in [0, 0.05) is 47.0 Å². The third-order valence-electron chi connectivity index (χ3n) is 7.39. The zero-order valence-electron chi connectivity index (χ0n) is 32.6. The first-order valence-electron chi connectivity index (χ1n) is 17.2. The second-order valence-corrected chi connectivity index (χ2v) is 13.2. The largest absolute Gasteiger partial charge is 0.360 e. The second-order valence-electron chi connectivity index (χ2n) is 13.2. The van der Waals surface area contributed by atoms with Crippen molar-refractivity contribution in [2.75, 3.05) is 12.4 Å². The van der Waals surface area contributed by atoms with Crippen molar-refractivity contribution in [3.63, 3.8) is 0 Å². The minimum atomic E-state index is 0.214. The predicted molar refractivity (Wildman–Crippen MR) is 216 cm³/mol. The van der Waals surface area contributed by atoms with Crippen LogP contribution in [-0.2, 0) is 12.8 Å². The van der Waals surface area contributed by atoms with Crippen LogP contribution in [0.2, 0.25) is 0 Å². The van der Waals surface area contributed by atoms with Crippen LogP contribution in [0.1, 0.15) is 112 Å². The highest BCUT2D eigenvalue weighted by molar-refractivity contribution is 6.01. The molecule has 0 radical (unpaired) electrons. The van der Waals surface area contributed by atoms with Crippen molar-refractivity contribution in [2.45, 2.75) is 116 Å². The molecular weight excluding hydrogens is 573 g/mol. The molecule has 1 unspecified atom stereocenters. The molecule has 0 spiro atoms. The molecule has 1 atom stereocenters. The lowest BCUT2D eigenvalue weighted by Crippen LogP contribution is -2.16. The van der Waals surface area contributed by atoms with Crippen LogP contribution in [-0.4, -0.2) is 30.7 Å². The molecule has 2 aromatic rings. The smallest absolute Gasteiger partial charge is 0.0703 e. The Morgan fingerprint density at radius 3 is 2.15 bits per heavy atom. The summed E-state index contributed by atoms with van der Waals surface area (Å²) in [6.45, 7) is 37.7. The Morgan fingerprint density at radius 1 is 1.06 bits per heavy atom. The third kappa shape index (κ3) is 16.6. The molecule has 47 heavy (non-hydrogen) atoms. The van der Waals surface area contributed by atoms with E-state index < -0.39 is 0 Å². The standard InChI is InChI=1S/C23H28N2.C10H17N.C8H15N.C2H6/c1-7-20-15-23(24-8-2)22(13-17(20)5)18(6)12-19-10-9-11-21(14-19)25-16(3)4;1-7-6-9(10(3,4)5)11-8(7)2;1-7(2)5-6-8(3)9-4;1-2/h8-11,13-15,25H,3,6-7,12H2,1-2,4-5H3;6,8H,1-5H3;5-7H,1-4H3;1-2H3/b;;6-5-,9-8?;. The maximum Gasteiger partial charge on any atom is 0.0703 e. The summed E-state index contributed by atoms with van der Waals surface area (Å²) >= 11 is 0. The highest BCUT2D eigenvalue weighted by Crippen LogP contribution is 2.32. The van der Waals surface area contributed by atoms with E-state index in [1.165, 1.54) is 28.0 Å². The highest BCUT2D eigenvalue weighted by atomic mass is 14.9. The van der Waals surface area contributed by atoms with E-state index in [0.717, 1.165) is 46.8 Å². The number of aliphatic imine (C=N–C) groups is 3. The van der Waals surface area contributed by atoms with Gasteiger partial charge in [-0.25, -0.2) is 0 Å². The molecule has 0 amide bonds. The topological polar surface area (TPSA) is 49.1 Å². The molecule has 4 heteroatoms. The van der Waals surface area contributed by atoms with Gasteiger partial charge in [0.2, 0.25) is 0 Å². The van der Waals surface area contributed by atoms with Crippen molar-refractivity contribution in [1.29, 1.82) is 0 Å². The van der Waals surface area contributed by atoms with Crippen LogP contribution < -0.4 is 5.32 Å². The van der Waals surface area contributed by atoms with Crippen molar-refractivity contribution in [3.8, 4) is 0 Å². The molecule has 1 aliphatic rings. The number of hydrogen-bond donors (Lipinski definition) is 1. The van der Waals surface area contributed by atoms with Gasteiger partial charge >= 0.3 is 0 Å². The highest BCUT2D eigenvalue weighted by Gasteiger charge is 2.22. The Hall–Kier alpha value is -3.79. The van der Waals surface area contributed by atoms with E-state index in [0.29, 0.717) is 12.0 Å². The lowest BCUT2D eigenvalue weighted by atomic mass is 9.90. The summed E-state index contributed by atoms with van der Waals surface area (Å²) in [5.41, 5.74) is 13.0. The van der Waals surface area contributed by atoms with E-state index in [1.807, 2.05) is 53.0 Å². The molecule has 4 nitrogen and oxygen atoms in total. The van der Waals surface area contributed by atoms with Crippen molar-refractivity contribution >= 4 is 34.6 Å². The van der Waals surface area contributed by atoms with Crippen LogP contribution in [0.5, 0.6) is 0 Å².